The Kier molecular flexibility index (Phi) is 7.39. The van der Waals surface area contributed by atoms with Crippen LogP contribution in [0.4, 0.5) is 0 Å². The minimum absolute atomic E-state index is 0. The summed E-state index contributed by atoms with van der Waals surface area (Å²) in [6, 6.07) is 25.4. The number of nitrogens with zero attached hydrogens (tertiary/aromatic N) is 1. The number of phenols is 1. The third kappa shape index (κ3) is 4.95. The minimum atomic E-state index is 0. The lowest BCUT2D eigenvalue weighted by Gasteiger charge is -2.35. The van der Waals surface area contributed by atoms with Gasteiger partial charge in [-0.15, -0.1) is 12.4 Å². The average Bonchev–Trinajstić information content (AvgIpc) is 3.33. The van der Waals surface area contributed by atoms with Gasteiger partial charge in [0.15, 0.2) is 0 Å². The van der Waals surface area contributed by atoms with E-state index in [0.29, 0.717) is 11.7 Å². The first-order chi connectivity index (χ1) is 15.3. The van der Waals surface area contributed by atoms with E-state index in [1.807, 2.05) is 12.1 Å². The fourth-order valence-corrected chi connectivity index (χ4v) is 5.35. The zero-order valence-corrected chi connectivity index (χ0v) is 19.3. The summed E-state index contributed by atoms with van der Waals surface area (Å²) in [4.78, 5) is 2.48. The lowest BCUT2D eigenvalue weighted by Crippen LogP contribution is -2.25. The van der Waals surface area contributed by atoms with Crippen molar-refractivity contribution >= 4 is 12.4 Å². The highest BCUT2D eigenvalue weighted by Crippen LogP contribution is 2.47. The van der Waals surface area contributed by atoms with Crippen molar-refractivity contribution in [3.8, 4) is 11.5 Å². The Bertz CT molecular complexity index is 1000. The molecule has 1 aliphatic heterocycles. The van der Waals surface area contributed by atoms with Crippen LogP contribution in [-0.2, 0) is 6.42 Å². The standard InChI is InChI=1S/C28H31NO2.ClH/c30-24-11-15-27-23(20-24)10-14-26(21-6-2-1-3-7-21)28(27)22-8-12-25(13-9-22)31-19-18-29-16-4-5-17-29;/h1-3,6-9,11-13,15,20,26,28,30H,4-5,10,14,16-19H2;1H/t26-,28-;/m0./s1. The molecular formula is C28H32ClNO2. The molecule has 5 rings (SSSR count). The number of fused-ring (bicyclic) bond motifs is 1. The number of hydrogen-bond donors (Lipinski definition) is 1. The summed E-state index contributed by atoms with van der Waals surface area (Å²) in [7, 11) is 0. The molecule has 1 aliphatic carbocycles. The quantitative estimate of drug-likeness (QED) is 0.489. The van der Waals surface area contributed by atoms with Crippen LogP contribution in [0.5, 0.6) is 11.5 Å². The molecule has 0 bridgehead atoms. The zero-order chi connectivity index (χ0) is 21.0. The molecule has 1 N–H and O–H groups in total. The van der Waals surface area contributed by atoms with Crippen molar-refractivity contribution in [2.24, 2.45) is 0 Å². The number of rotatable bonds is 6. The number of benzene rings is 3. The van der Waals surface area contributed by atoms with Gasteiger partial charge >= 0.3 is 0 Å². The highest BCUT2D eigenvalue weighted by atomic mass is 35.5. The van der Waals surface area contributed by atoms with E-state index in [1.54, 1.807) is 0 Å². The molecule has 0 saturated carbocycles. The largest absolute Gasteiger partial charge is 0.508 e. The van der Waals surface area contributed by atoms with E-state index in [2.05, 4.69) is 65.6 Å². The second kappa shape index (κ2) is 10.4. The maximum absolute atomic E-state index is 10.0. The maximum atomic E-state index is 10.0. The number of phenolic OH excluding ortho intramolecular Hbond substituents is 1. The summed E-state index contributed by atoms with van der Waals surface area (Å²) in [5.74, 6) is 2.02. The second-order valence-corrected chi connectivity index (χ2v) is 8.88. The first kappa shape index (κ1) is 22.7. The molecule has 4 heteroatoms. The topological polar surface area (TPSA) is 32.7 Å². The summed E-state index contributed by atoms with van der Waals surface area (Å²) in [5, 5.41) is 10.0. The van der Waals surface area contributed by atoms with Crippen molar-refractivity contribution in [3.05, 3.63) is 95.1 Å². The maximum Gasteiger partial charge on any atom is 0.119 e. The van der Waals surface area contributed by atoms with Gasteiger partial charge in [-0.25, -0.2) is 0 Å². The molecule has 3 nitrogen and oxygen atoms in total. The van der Waals surface area contributed by atoms with Crippen LogP contribution in [0, 0.1) is 0 Å². The number of aromatic hydroxyl groups is 1. The van der Waals surface area contributed by atoms with Crippen LogP contribution in [-0.4, -0.2) is 36.2 Å². The Hall–Kier alpha value is -2.49. The van der Waals surface area contributed by atoms with E-state index >= 15 is 0 Å². The summed E-state index contributed by atoms with van der Waals surface area (Å²) in [5.41, 5.74) is 5.30. The Morgan fingerprint density at radius 1 is 0.875 bits per heavy atom. The first-order valence-corrected chi connectivity index (χ1v) is 11.6. The van der Waals surface area contributed by atoms with Crippen LogP contribution in [0.2, 0.25) is 0 Å². The highest BCUT2D eigenvalue weighted by Gasteiger charge is 2.32. The molecule has 32 heavy (non-hydrogen) atoms. The molecule has 2 atom stereocenters. The summed E-state index contributed by atoms with van der Waals surface area (Å²) < 4.78 is 6.03. The third-order valence-electron chi connectivity index (χ3n) is 6.93. The molecule has 0 spiro atoms. The zero-order valence-electron chi connectivity index (χ0n) is 18.5. The Labute approximate surface area is 197 Å². The Morgan fingerprint density at radius 2 is 1.62 bits per heavy atom. The van der Waals surface area contributed by atoms with Crippen molar-refractivity contribution in [2.75, 3.05) is 26.2 Å². The fourth-order valence-electron chi connectivity index (χ4n) is 5.35. The molecule has 1 fully saturated rings. The number of ether oxygens (including phenoxy) is 1. The van der Waals surface area contributed by atoms with E-state index in [-0.39, 0.29) is 18.3 Å². The van der Waals surface area contributed by atoms with Gasteiger partial charge in [0.2, 0.25) is 0 Å². The van der Waals surface area contributed by atoms with Crippen LogP contribution in [0.1, 0.15) is 53.4 Å². The SMILES string of the molecule is Cl.Oc1ccc2c(c1)CC[C@@H](c1ccccc1)[C@@H]2c1ccc(OCCN2CCCC2)cc1. The Morgan fingerprint density at radius 3 is 2.38 bits per heavy atom. The van der Waals surface area contributed by atoms with Crippen molar-refractivity contribution in [3.63, 3.8) is 0 Å². The average molecular weight is 450 g/mol. The predicted molar refractivity (Wildman–Crippen MR) is 132 cm³/mol. The van der Waals surface area contributed by atoms with Gasteiger partial charge in [-0.1, -0.05) is 48.5 Å². The van der Waals surface area contributed by atoms with Gasteiger partial charge in [0.25, 0.3) is 0 Å². The molecule has 1 heterocycles. The smallest absolute Gasteiger partial charge is 0.119 e. The number of aryl methyl sites for hydroxylation is 1. The first-order valence-electron chi connectivity index (χ1n) is 11.6. The molecule has 0 radical (unpaired) electrons. The summed E-state index contributed by atoms with van der Waals surface area (Å²) in [6.07, 6.45) is 4.71. The van der Waals surface area contributed by atoms with Crippen molar-refractivity contribution in [2.45, 2.75) is 37.5 Å². The van der Waals surface area contributed by atoms with Gasteiger partial charge in [-0.3, -0.25) is 4.90 Å². The van der Waals surface area contributed by atoms with E-state index < -0.39 is 0 Å². The second-order valence-electron chi connectivity index (χ2n) is 8.88. The number of likely N-dealkylation sites (tertiary alicyclic amines) is 1. The lowest BCUT2D eigenvalue weighted by atomic mass is 9.69. The molecule has 1 saturated heterocycles. The van der Waals surface area contributed by atoms with Crippen molar-refractivity contribution in [1.82, 2.24) is 4.90 Å². The normalized spacial score (nSPS) is 20.4. The lowest BCUT2D eigenvalue weighted by molar-refractivity contribution is 0.237. The van der Waals surface area contributed by atoms with Crippen LogP contribution in [0.15, 0.2) is 72.8 Å². The van der Waals surface area contributed by atoms with Crippen LogP contribution in [0.25, 0.3) is 0 Å². The van der Waals surface area contributed by atoms with Gasteiger partial charge in [0, 0.05) is 12.5 Å². The van der Waals surface area contributed by atoms with Gasteiger partial charge < -0.3 is 9.84 Å². The summed E-state index contributed by atoms with van der Waals surface area (Å²) >= 11 is 0. The third-order valence-corrected chi connectivity index (χ3v) is 6.93. The molecule has 0 unspecified atom stereocenters. The molecule has 0 aromatic heterocycles. The van der Waals surface area contributed by atoms with E-state index in [9.17, 15) is 5.11 Å². The van der Waals surface area contributed by atoms with Gasteiger partial charge in [-0.2, -0.15) is 0 Å². The van der Waals surface area contributed by atoms with Gasteiger partial charge in [0.05, 0.1) is 0 Å². The molecule has 3 aromatic rings. The molecule has 3 aromatic carbocycles. The summed E-state index contributed by atoms with van der Waals surface area (Å²) in [6.45, 7) is 4.18. The molecule has 2 aliphatic rings. The molecular weight excluding hydrogens is 418 g/mol. The van der Waals surface area contributed by atoms with Gasteiger partial charge in [0.1, 0.15) is 18.1 Å². The number of hydrogen-bond acceptors (Lipinski definition) is 3. The van der Waals surface area contributed by atoms with Crippen LogP contribution >= 0.6 is 12.4 Å². The van der Waals surface area contributed by atoms with Crippen LogP contribution < -0.4 is 4.74 Å². The number of halogens is 1. The van der Waals surface area contributed by atoms with Crippen LogP contribution in [0.3, 0.4) is 0 Å². The van der Waals surface area contributed by atoms with E-state index in [0.717, 1.165) is 31.7 Å². The van der Waals surface area contributed by atoms with E-state index in [1.165, 1.54) is 48.2 Å². The monoisotopic (exact) mass is 449 g/mol. The van der Waals surface area contributed by atoms with Crippen molar-refractivity contribution < 1.29 is 9.84 Å². The minimum Gasteiger partial charge on any atom is -0.508 e. The molecule has 168 valence electrons. The van der Waals surface area contributed by atoms with Gasteiger partial charge in [-0.05, 0) is 91.2 Å². The fraction of sp³-hybridized carbons (Fsp3) is 0.357. The Balaban J connectivity index is 0.00000245. The molecule has 0 amide bonds. The van der Waals surface area contributed by atoms with Crippen molar-refractivity contribution in [1.29, 1.82) is 0 Å². The highest BCUT2D eigenvalue weighted by molar-refractivity contribution is 5.85. The predicted octanol–water partition coefficient (Wildman–Crippen LogP) is 6.15. The van der Waals surface area contributed by atoms with E-state index in [4.69, 9.17) is 4.74 Å².